The molecule has 3 nitrogen and oxygen atoms in total. The summed E-state index contributed by atoms with van der Waals surface area (Å²) in [4.78, 5) is 0. The predicted molar refractivity (Wildman–Crippen MR) is 52.5 cm³/mol. The van der Waals surface area contributed by atoms with Gasteiger partial charge in [-0.3, -0.25) is 0 Å². The Morgan fingerprint density at radius 2 is 2.00 bits per heavy atom. The lowest BCUT2D eigenvalue weighted by atomic mass is 10.3. The van der Waals surface area contributed by atoms with Gasteiger partial charge in [-0.15, -0.1) is 11.6 Å². The zero-order valence-electron chi connectivity index (χ0n) is 7.31. The molecule has 1 aromatic rings. The van der Waals surface area contributed by atoms with Crippen LogP contribution in [0.25, 0.3) is 0 Å². The van der Waals surface area contributed by atoms with Gasteiger partial charge in [-0.25, -0.2) is 0 Å². The number of para-hydroxylation sites is 2. The van der Waals surface area contributed by atoms with Crippen molar-refractivity contribution in [3.05, 3.63) is 36.3 Å². The van der Waals surface area contributed by atoms with Crippen molar-refractivity contribution in [3.8, 4) is 11.5 Å². The molecule has 0 fully saturated rings. The standard InChI is InChI=1S/C10H9ClO3/c11-5-7(12)10-6-13-8-3-1-2-4-9(8)14-10/h1-4,6-7,12H,5H2. The number of hydrogen-bond donors (Lipinski definition) is 1. The van der Waals surface area contributed by atoms with Gasteiger partial charge >= 0.3 is 0 Å². The molecule has 2 rings (SSSR count). The van der Waals surface area contributed by atoms with Crippen LogP contribution in [0.5, 0.6) is 11.5 Å². The molecule has 1 aromatic carbocycles. The van der Waals surface area contributed by atoms with E-state index < -0.39 is 6.10 Å². The van der Waals surface area contributed by atoms with Crippen LogP contribution >= 0.6 is 11.6 Å². The predicted octanol–water partition coefficient (Wildman–Crippen LogP) is 1.90. The number of halogens is 1. The normalized spacial score (nSPS) is 16.0. The highest BCUT2D eigenvalue weighted by Crippen LogP contribution is 2.32. The van der Waals surface area contributed by atoms with E-state index in [1.807, 2.05) is 12.1 Å². The molecule has 1 unspecified atom stereocenters. The fourth-order valence-corrected chi connectivity index (χ4v) is 1.28. The number of benzene rings is 1. The molecule has 1 atom stereocenters. The first-order valence-electron chi connectivity index (χ1n) is 4.19. The summed E-state index contributed by atoms with van der Waals surface area (Å²) in [6.07, 6.45) is 0.542. The molecule has 14 heavy (non-hydrogen) atoms. The van der Waals surface area contributed by atoms with E-state index in [0.29, 0.717) is 17.3 Å². The summed E-state index contributed by atoms with van der Waals surface area (Å²) >= 11 is 5.49. The van der Waals surface area contributed by atoms with Gasteiger partial charge in [0, 0.05) is 0 Å². The summed E-state index contributed by atoms with van der Waals surface area (Å²) in [6, 6.07) is 7.23. The molecule has 0 saturated carbocycles. The molecule has 0 amide bonds. The van der Waals surface area contributed by atoms with Gasteiger partial charge in [-0.05, 0) is 12.1 Å². The van der Waals surface area contributed by atoms with Gasteiger partial charge in [0.25, 0.3) is 0 Å². The molecule has 74 valence electrons. The fraction of sp³-hybridized carbons (Fsp3) is 0.200. The maximum Gasteiger partial charge on any atom is 0.169 e. The summed E-state index contributed by atoms with van der Waals surface area (Å²) in [5.74, 6) is 1.64. The van der Waals surface area contributed by atoms with E-state index in [1.165, 1.54) is 6.26 Å². The average Bonchev–Trinajstić information content (AvgIpc) is 2.27. The van der Waals surface area contributed by atoms with Crippen molar-refractivity contribution in [1.82, 2.24) is 0 Å². The van der Waals surface area contributed by atoms with Crippen LogP contribution in [0.15, 0.2) is 36.3 Å². The zero-order valence-corrected chi connectivity index (χ0v) is 8.07. The Morgan fingerprint density at radius 3 is 2.71 bits per heavy atom. The number of hydrogen-bond acceptors (Lipinski definition) is 3. The molecular weight excluding hydrogens is 204 g/mol. The second kappa shape index (κ2) is 3.90. The molecule has 0 radical (unpaired) electrons. The Labute approximate surface area is 86.5 Å². The minimum absolute atomic E-state index is 0.0807. The molecule has 1 N–H and O–H groups in total. The summed E-state index contributed by atoms with van der Waals surface area (Å²) in [5, 5.41) is 9.40. The number of rotatable bonds is 2. The summed E-state index contributed by atoms with van der Waals surface area (Å²) in [5.41, 5.74) is 0. The Balaban J connectivity index is 2.21. The average molecular weight is 213 g/mol. The van der Waals surface area contributed by atoms with Crippen LogP contribution in [-0.4, -0.2) is 17.1 Å². The van der Waals surface area contributed by atoms with E-state index in [4.69, 9.17) is 21.1 Å². The highest BCUT2D eigenvalue weighted by atomic mass is 35.5. The van der Waals surface area contributed by atoms with Crippen molar-refractivity contribution in [2.24, 2.45) is 0 Å². The summed E-state index contributed by atoms with van der Waals surface area (Å²) < 4.78 is 10.6. The van der Waals surface area contributed by atoms with Gasteiger partial charge in [0.2, 0.25) is 0 Å². The van der Waals surface area contributed by atoms with Gasteiger partial charge in [-0.2, -0.15) is 0 Å². The molecule has 1 aliphatic heterocycles. The van der Waals surface area contributed by atoms with Crippen molar-refractivity contribution in [2.45, 2.75) is 6.10 Å². The van der Waals surface area contributed by atoms with Crippen LogP contribution < -0.4 is 9.47 Å². The quantitative estimate of drug-likeness (QED) is 0.761. The molecule has 0 aliphatic carbocycles. The van der Waals surface area contributed by atoms with Crippen molar-refractivity contribution in [2.75, 3.05) is 5.88 Å². The molecular formula is C10H9ClO3. The Kier molecular flexibility index (Phi) is 2.61. The van der Waals surface area contributed by atoms with E-state index >= 15 is 0 Å². The highest BCUT2D eigenvalue weighted by molar-refractivity contribution is 6.18. The Bertz CT molecular complexity index is 362. The van der Waals surface area contributed by atoms with E-state index in [-0.39, 0.29) is 5.88 Å². The van der Waals surface area contributed by atoms with Crippen LogP contribution in [0, 0.1) is 0 Å². The SMILES string of the molecule is OC(CCl)C1=COc2ccccc2O1. The van der Waals surface area contributed by atoms with Gasteiger partial charge in [-0.1, -0.05) is 12.1 Å². The number of aliphatic hydroxyl groups excluding tert-OH is 1. The van der Waals surface area contributed by atoms with Crippen LogP contribution in [0.4, 0.5) is 0 Å². The number of alkyl halides is 1. The third-order valence-electron chi connectivity index (χ3n) is 1.85. The lowest BCUT2D eigenvalue weighted by molar-refractivity contribution is 0.163. The van der Waals surface area contributed by atoms with Gasteiger partial charge < -0.3 is 14.6 Å². The molecule has 0 spiro atoms. The minimum Gasteiger partial charge on any atom is -0.457 e. The first-order chi connectivity index (χ1) is 6.81. The molecule has 1 aliphatic rings. The van der Waals surface area contributed by atoms with Gasteiger partial charge in [0.15, 0.2) is 17.3 Å². The number of ether oxygens (including phenoxy) is 2. The smallest absolute Gasteiger partial charge is 0.169 e. The van der Waals surface area contributed by atoms with Gasteiger partial charge in [0.05, 0.1) is 5.88 Å². The van der Waals surface area contributed by atoms with Gasteiger partial charge in [0.1, 0.15) is 12.4 Å². The van der Waals surface area contributed by atoms with Crippen molar-refractivity contribution < 1.29 is 14.6 Å². The first-order valence-corrected chi connectivity index (χ1v) is 4.72. The van der Waals surface area contributed by atoms with Crippen molar-refractivity contribution in [1.29, 1.82) is 0 Å². The molecule has 0 saturated heterocycles. The molecule has 1 heterocycles. The second-order valence-electron chi connectivity index (χ2n) is 2.86. The summed E-state index contributed by atoms with van der Waals surface area (Å²) in [7, 11) is 0. The number of fused-ring (bicyclic) bond motifs is 1. The Morgan fingerprint density at radius 1 is 1.29 bits per heavy atom. The summed E-state index contributed by atoms with van der Waals surface area (Å²) in [6.45, 7) is 0. The number of aliphatic hydroxyl groups is 1. The molecule has 4 heteroatoms. The van der Waals surface area contributed by atoms with E-state index in [2.05, 4.69) is 0 Å². The lowest BCUT2D eigenvalue weighted by Crippen LogP contribution is -2.20. The second-order valence-corrected chi connectivity index (χ2v) is 3.17. The zero-order chi connectivity index (χ0) is 9.97. The van der Waals surface area contributed by atoms with E-state index in [0.717, 1.165) is 0 Å². The maximum atomic E-state index is 9.40. The fourth-order valence-electron chi connectivity index (χ4n) is 1.13. The van der Waals surface area contributed by atoms with Crippen molar-refractivity contribution >= 4 is 11.6 Å². The lowest BCUT2D eigenvalue weighted by Gasteiger charge is -2.20. The van der Waals surface area contributed by atoms with Crippen LogP contribution in [0.3, 0.4) is 0 Å². The van der Waals surface area contributed by atoms with E-state index in [9.17, 15) is 5.11 Å². The maximum absolute atomic E-state index is 9.40. The van der Waals surface area contributed by atoms with Crippen molar-refractivity contribution in [3.63, 3.8) is 0 Å². The third-order valence-corrected chi connectivity index (χ3v) is 2.15. The molecule has 0 bridgehead atoms. The van der Waals surface area contributed by atoms with E-state index in [1.54, 1.807) is 12.1 Å². The van der Waals surface area contributed by atoms with Crippen LogP contribution in [-0.2, 0) is 0 Å². The Hall–Kier alpha value is -1.19. The van der Waals surface area contributed by atoms with Crippen LogP contribution in [0.2, 0.25) is 0 Å². The highest BCUT2D eigenvalue weighted by Gasteiger charge is 2.19. The topological polar surface area (TPSA) is 38.7 Å². The monoisotopic (exact) mass is 212 g/mol. The minimum atomic E-state index is -0.829. The first kappa shape index (κ1) is 9.37. The largest absolute Gasteiger partial charge is 0.457 e. The van der Waals surface area contributed by atoms with Crippen LogP contribution in [0.1, 0.15) is 0 Å². The third kappa shape index (κ3) is 1.69. The molecule has 0 aromatic heterocycles.